The SMILES string of the molecule is C=C1CC23CCC4C(C)(C(=O)OC5OC(COC(C)=O)C(OC(C)=O)C5O)CCCC4(C)C2CCC1C3. The maximum atomic E-state index is 13.9. The summed E-state index contributed by atoms with van der Waals surface area (Å²) in [6, 6.07) is 0. The number of aliphatic hydroxyl groups is 1. The summed E-state index contributed by atoms with van der Waals surface area (Å²) in [6.45, 7) is 11.1. The second-order valence-corrected chi connectivity index (χ2v) is 12.9. The third-order valence-corrected chi connectivity index (χ3v) is 10.8. The molecule has 8 heteroatoms. The van der Waals surface area contributed by atoms with Gasteiger partial charge >= 0.3 is 17.9 Å². The van der Waals surface area contributed by atoms with Crippen LogP contribution in [-0.2, 0) is 33.3 Å². The molecule has 0 aromatic carbocycles. The molecule has 1 spiro atoms. The number of allylic oxidation sites excluding steroid dienone is 1. The molecule has 1 N–H and O–H groups in total. The first kappa shape index (κ1) is 26.7. The van der Waals surface area contributed by atoms with E-state index < -0.39 is 42.0 Å². The van der Waals surface area contributed by atoms with E-state index in [0.29, 0.717) is 17.3 Å². The zero-order valence-electron chi connectivity index (χ0n) is 22.6. The monoisotopic (exact) mass is 518 g/mol. The molecule has 1 heterocycles. The Morgan fingerprint density at radius 2 is 1.78 bits per heavy atom. The standard InChI is InChI=1S/C29H42O8/c1-16-13-29-12-9-21-27(4,22(29)8-7-19(16)14-29)10-6-11-28(21,5)26(33)37-25-23(32)24(35-18(3)31)20(36-25)15-34-17(2)30/h19-25,32H,1,6-15H2,2-5H3. The maximum absolute atomic E-state index is 13.9. The molecule has 206 valence electrons. The number of carbonyl (C=O) groups excluding carboxylic acids is 3. The Balaban J connectivity index is 1.34. The lowest BCUT2D eigenvalue weighted by atomic mass is 9.41. The molecule has 8 nitrogen and oxygen atoms in total. The third kappa shape index (κ3) is 4.32. The molecule has 2 bridgehead atoms. The minimum atomic E-state index is -1.37. The number of rotatable bonds is 5. The van der Waals surface area contributed by atoms with E-state index in [2.05, 4.69) is 13.5 Å². The maximum Gasteiger partial charge on any atom is 0.314 e. The predicted molar refractivity (Wildman–Crippen MR) is 133 cm³/mol. The fraction of sp³-hybridized carbons (Fsp3) is 0.828. The normalized spacial score (nSPS) is 46.5. The van der Waals surface area contributed by atoms with E-state index in [1.165, 1.54) is 38.7 Å². The number of carbonyl (C=O) groups is 3. The van der Waals surface area contributed by atoms with Gasteiger partial charge in [0.05, 0.1) is 5.41 Å². The molecule has 5 fully saturated rings. The number of hydrogen-bond acceptors (Lipinski definition) is 8. The highest BCUT2D eigenvalue weighted by molar-refractivity contribution is 5.77. The van der Waals surface area contributed by atoms with E-state index in [0.717, 1.165) is 38.5 Å². The first-order chi connectivity index (χ1) is 17.4. The molecule has 1 aliphatic heterocycles. The van der Waals surface area contributed by atoms with Crippen molar-refractivity contribution < 1.29 is 38.4 Å². The van der Waals surface area contributed by atoms with Gasteiger partial charge in [-0.25, -0.2) is 0 Å². The highest BCUT2D eigenvalue weighted by Gasteiger charge is 2.65. The molecule has 10 atom stereocenters. The topological polar surface area (TPSA) is 108 Å². The lowest BCUT2D eigenvalue weighted by Crippen LogP contribution is -2.58. The van der Waals surface area contributed by atoms with Crippen molar-refractivity contribution in [2.45, 2.75) is 110 Å². The Morgan fingerprint density at radius 3 is 2.49 bits per heavy atom. The van der Waals surface area contributed by atoms with Crippen molar-refractivity contribution in [1.82, 2.24) is 0 Å². The van der Waals surface area contributed by atoms with Crippen LogP contribution >= 0.6 is 0 Å². The lowest BCUT2D eigenvalue weighted by Gasteiger charge is -2.63. The number of hydrogen-bond donors (Lipinski definition) is 1. The quantitative estimate of drug-likeness (QED) is 0.330. The fourth-order valence-corrected chi connectivity index (χ4v) is 9.31. The number of esters is 3. The van der Waals surface area contributed by atoms with Gasteiger partial charge in [0.1, 0.15) is 12.7 Å². The first-order valence-electron chi connectivity index (χ1n) is 13.9. The van der Waals surface area contributed by atoms with Gasteiger partial charge in [-0.05, 0) is 86.9 Å². The summed E-state index contributed by atoms with van der Waals surface area (Å²) >= 11 is 0. The zero-order valence-corrected chi connectivity index (χ0v) is 22.6. The summed E-state index contributed by atoms with van der Waals surface area (Å²) < 4.78 is 21.9. The summed E-state index contributed by atoms with van der Waals surface area (Å²) in [5.41, 5.74) is 1.11. The van der Waals surface area contributed by atoms with E-state index in [1.54, 1.807) is 0 Å². The molecule has 0 radical (unpaired) electrons. The average Bonchev–Trinajstić information content (AvgIpc) is 3.23. The van der Waals surface area contributed by atoms with Crippen molar-refractivity contribution in [3.8, 4) is 0 Å². The average molecular weight is 519 g/mol. The molecule has 37 heavy (non-hydrogen) atoms. The second-order valence-electron chi connectivity index (χ2n) is 12.9. The Hall–Kier alpha value is -1.93. The van der Waals surface area contributed by atoms with Gasteiger partial charge < -0.3 is 24.1 Å². The Morgan fingerprint density at radius 1 is 1.03 bits per heavy atom. The fourth-order valence-electron chi connectivity index (χ4n) is 9.31. The summed E-state index contributed by atoms with van der Waals surface area (Å²) in [5.74, 6) is -0.0737. The summed E-state index contributed by atoms with van der Waals surface area (Å²) in [7, 11) is 0. The number of aliphatic hydroxyl groups excluding tert-OH is 1. The molecule has 0 aromatic rings. The van der Waals surface area contributed by atoms with Crippen LogP contribution in [0.4, 0.5) is 0 Å². The van der Waals surface area contributed by atoms with E-state index in [4.69, 9.17) is 18.9 Å². The van der Waals surface area contributed by atoms with Gasteiger partial charge in [0.15, 0.2) is 12.2 Å². The van der Waals surface area contributed by atoms with E-state index in [1.807, 2.05) is 6.92 Å². The zero-order chi connectivity index (χ0) is 26.8. The van der Waals surface area contributed by atoms with Crippen LogP contribution in [0, 0.1) is 34.0 Å². The van der Waals surface area contributed by atoms with Gasteiger partial charge in [0, 0.05) is 13.8 Å². The molecule has 4 saturated carbocycles. The highest BCUT2D eigenvalue weighted by Crippen LogP contribution is 2.72. The van der Waals surface area contributed by atoms with E-state index in [-0.39, 0.29) is 23.9 Å². The Bertz CT molecular complexity index is 977. The van der Waals surface area contributed by atoms with Gasteiger partial charge in [-0.2, -0.15) is 0 Å². The van der Waals surface area contributed by atoms with Crippen molar-refractivity contribution in [1.29, 1.82) is 0 Å². The molecule has 1 saturated heterocycles. The van der Waals surface area contributed by atoms with Gasteiger partial charge in [-0.1, -0.05) is 25.5 Å². The molecular formula is C29H42O8. The van der Waals surface area contributed by atoms with Gasteiger partial charge in [-0.3, -0.25) is 14.4 Å². The van der Waals surface area contributed by atoms with Crippen LogP contribution in [0.5, 0.6) is 0 Å². The van der Waals surface area contributed by atoms with Crippen LogP contribution < -0.4 is 0 Å². The van der Waals surface area contributed by atoms with Crippen molar-refractivity contribution in [2.75, 3.05) is 6.61 Å². The van der Waals surface area contributed by atoms with Crippen molar-refractivity contribution in [3.05, 3.63) is 12.2 Å². The van der Waals surface area contributed by atoms with Gasteiger partial charge in [0.25, 0.3) is 0 Å². The molecule has 4 aliphatic carbocycles. The summed E-state index contributed by atoms with van der Waals surface area (Å²) in [5, 5.41) is 10.9. The highest BCUT2D eigenvalue weighted by atomic mass is 16.7. The van der Waals surface area contributed by atoms with Crippen LogP contribution in [-0.4, -0.2) is 54.2 Å². The first-order valence-corrected chi connectivity index (χ1v) is 13.9. The molecular weight excluding hydrogens is 476 g/mol. The molecule has 10 unspecified atom stereocenters. The largest absolute Gasteiger partial charge is 0.463 e. The van der Waals surface area contributed by atoms with Crippen molar-refractivity contribution in [2.24, 2.45) is 34.0 Å². The predicted octanol–water partition coefficient (Wildman–Crippen LogP) is 4.08. The van der Waals surface area contributed by atoms with Crippen LogP contribution in [0.15, 0.2) is 12.2 Å². The molecule has 0 aromatic heterocycles. The van der Waals surface area contributed by atoms with Crippen LogP contribution in [0.3, 0.4) is 0 Å². The summed E-state index contributed by atoms with van der Waals surface area (Å²) in [6.07, 6.45) is 5.01. The van der Waals surface area contributed by atoms with Crippen LogP contribution in [0.2, 0.25) is 0 Å². The molecule has 0 amide bonds. The van der Waals surface area contributed by atoms with Gasteiger partial charge in [-0.15, -0.1) is 0 Å². The smallest absolute Gasteiger partial charge is 0.314 e. The summed E-state index contributed by atoms with van der Waals surface area (Å²) in [4.78, 5) is 36.8. The van der Waals surface area contributed by atoms with Crippen LogP contribution in [0.1, 0.15) is 85.5 Å². The molecule has 5 aliphatic rings. The third-order valence-electron chi connectivity index (χ3n) is 10.8. The van der Waals surface area contributed by atoms with E-state index >= 15 is 0 Å². The van der Waals surface area contributed by atoms with Crippen molar-refractivity contribution in [3.63, 3.8) is 0 Å². The Kier molecular flexibility index (Phi) is 6.75. The number of ether oxygens (including phenoxy) is 4. The lowest BCUT2D eigenvalue weighted by molar-refractivity contribution is -0.217. The minimum Gasteiger partial charge on any atom is -0.463 e. The second kappa shape index (κ2) is 9.37. The number of fused-ring (bicyclic) bond motifs is 3. The minimum absolute atomic E-state index is 0.0488. The van der Waals surface area contributed by atoms with Crippen molar-refractivity contribution >= 4 is 17.9 Å². The van der Waals surface area contributed by atoms with Crippen LogP contribution in [0.25, 0.3) is 0 Å². The Labute approximate surface area is 219 Å². The molecule has 5 rings (SSSR count). The van der Waals surface area contributed by atoms with Gasteiger partial charge in [0.2, 0.25) is 6.29 Å². The van der Waals surface area contributed by atoms with E-state index in [9.17, 15) is 19.5 Å².